The Morgan fingerprint density at radius 1 is 1.22 bits per heavy atom. The zero-order valence-electron chi connectivity index (χ0n) is 13.4. The van der Waals surface area contributed by atoms with Crippen LogP contribution in [0.5, 0.6) is 5.75 Å². The average molecular weight is 335 g/mol. The van der Waals surface area contributed by atoms with E-state index in [0.717, 1.165) is 16.7 Å². The van der Waals surface area contributed by atoms with E-state index in [1.165, 1.54) is 38.2 Å². The highest BCUT2D eigenvalue weighted by atomic mass is 32.2. The number of aromatic nitrogens is 3. The van der Waals surface area contributed by atoms with Crippen molar-refractivity contribution in [1.82, 2.24) is 14.8 Å². The van der Waals surface area contributed by atoms with Gasteiger partial charge in [-0.1, -0.05) is 43.2 Å². The van der Waals surface area contributed by atoms with Crippen LogP contribution in [0.3, 0.4) is 0 Å². The minimum Gasteiger partial charge on any atom is -0.490 e. The first-order valence-corrected chi connectivity index (χ1v) is 9.16. The highest BCUT2D eigenvalue weighted by Crippen LogP contribution is 2.32. The molecule has 2 aromatic rings. The molecule has 0 atom stereocenters. The largest absolute Gasteiger partial charge is 0.490 e. The lowest BCUT2D eigenvalue weighted by atomic mass is 9.95. The van der Waals surface area contributed by atoms with Crippen molar-refractivity contribution in [3.05, 3.63) is 35.9 Å². The number of rotatable bonds is 6. The van der Waals surface area contributed by atoms with E-state index >= 15 is 0 Å². The fraction of sp³-hybridized carbons (Fsp3) is 0.529. The second kappa shape index (κ2) is 7.81. The topological polar surface area (TPSA) is 39.9 Å². The van der Waals surface area contributed by atoms with Crippen molar-refractivity contribution < 1.29 is 9.13 Å². The molecule has 1 saturated carbocycles. The van der Waals surface area contributed by atoms with Gasteiger partial charge in [-0.05, 0) is 31.9 Å². The fourth-order valence-corrected chi connectivity index (χ4v) is 3.92. The van der Waals surface area contributed by atoms with Crippen LogP contribution in [-0.2, 0) is 0 Å². The zero-order chi connectivity index (χ0) is 16.1. The summed E-state index contributed by atoms with van der Waals surface area (Å²) in [6.45, 7) is 2.46. The normalized spacial score (nSPS) is 15.7. The van der Waals surface area contributed by atoms with Gasteiger partial charge in [0.25, 0.3) is 0 Å². The van der Waals surface area contributed by atoms with Crippen molar-refractivity contribution in [3.8, 4) is 5.75 Å². The molecule has 0 spiro atoms. The summed E-state index contributed by atoms with van der Waals surface area (Å²) >= 11 is 1.63. The molecule has 1 aromatic heterocycles. The molecule has 1 aliphatic carbocycles. The first-order valence-electron chi connectivity index (χ1n) is 8.17. The van der Waals surface area contributed by atoms with E-state index in [2.05, 4.69) is 14.8 Å². The Kier molecular flexibility index (Phi) is 5.54. The number of hydrogen-bond acceptors (Lipinski definition) is 4. The van der Waals surface area contributed by atoms with Gasteiger partial charge in [-0.3, -0.25) is 0 Å². The Bertz CT molecular complexity index is 641. The summed E-state index contributed by atoms with van der Waals surface area (Å²) in [5.41, 5.74) is 0. The van der Waals surface area contributed by atoms with Gasteiger partial charge >= 0.3 is 0 Å². The summed E-state index contributed by atoms with van der Waals surface area (Å²) in [6.07, 6.45) is 6.30. The van der Waals surface area contributed by atoms with Gasteiger partial charge in [0, 0.05) is 11.8 Å². The molecule has 0 saturated heterocycles. The molecule has 124 valence electrons. The zero-order valence-corrected chi connectivity index (χ0v) is 14.2. The minimum absolute atomic E-state index is 0.304. The first kappa shape index (κ1) is 16.3. The molecule has 4 nitrogen and oxygen atoms in total. The van der Waals surface area contributed by atoms with Gasteiger partial charge in [-0.25, -0.2) is 4.39 Å². The Balaban J connectivity index is 1.55. The third-order valence-corrected chi connectivity index (χ3v) is 5.09. The lowest BCUT2D eigenvalue weighted by molar-refractivity contribution is 0.323. The van der Waals surface area contributed by atoms with Crippen LogP contribution < -0.4 is 4.74 Å². The SMILES string of the molecule is Cc1nnc(SCCOc2ccccc2F)n1C1CCCCC1. The highest BCUT2D eigenvalue weighted by molar-refractivity contribution is 7.99. The molecule has 1 aromatic carbocycles. The fourth-order valence-electron chi connectivity index (χ4n) is 3.05. The summed E-state index contributed by atoms with van der Waals surface area (Å²) in [4.78, 5) is 0. The summed E-state index contributed by atoms with van der Waals surface area (Å²) in [5, 5.41) is 9.48. The molecule has 1 aliphatic rings. The van der Waals surface area contributed by atoms with Crippen molar-refractivity contribution in [2.24, 2.45) is 0 Å². The molecule has 1 heterocycles. The molecule has 0 aliphatic heterocycles. The van der Waals surface area contributed by atoms with Crippen LogP contribution in [0.1, 0.15) is 44.0 Å². The van der Waals surface area contributed by atoms with Gasteiger partial charge in [0.15, 0.2) is 16.7 Å². The van der Waals surface area contributed by atoms with Gasteiger partial charge in [0.2, 0.25) is 0 Å². The van der Waals surface area contributed by atoms with E-state index in [-0.39, 0.29) is 5.82 Å². The number of aryl methyl sites for hydroxylation is 1. The van der Waals surface area contributed by atoms with Crippen LogP contribution in [0.2, 0.25) is 0 Å². The van der Waals surface area contributed by atoms with Crippen molar-refractivity contribution in [2.75, 3.05) is 12.4 Å². The van der Waals surface area contributed by atoms with Gasteiger partial charge in [-0.2, -0.15) is 0 Å². The lowest BCUT2D eigenvalue weighted by Crippen LogP contribution is -2.15. The molecule has 1 fully saturated rings. The number of halogens is 1. The number of ether oxygens (including phenoxy) is 1. The number of thioether (sulfide) groups is 1. The van der Waals surface area contributed by atoms with Gasteiger partial charge < -0.3 is 9.30 Å². The lowest BCUT2D eigenvalue weighted by Gasteiger charge is -2.24. The molecular formula is C17H22FN3OS. The van der Waals surface area contributed by atoms with Crippen LogP contribution in [0.4, 0.5) is 4.39 Å². The highest BCUT2D eigenvalue weighted by Gasteiger charge is 2.21. The predicted octanol–water partition coefficient (Wildman–Crippen LogP) is 4.40. The standard InChI is InChI=1S/C17H22FN3OS/c1-13-19-20-17(21(13)14-7-3-2-4-8-14)23-12-11-22-16-10-6-5-9-15(16)18/h5-6,9-10,14H,2-4,7-8,11-12H2,1H3. The molecule has 23 heavy (non-hydrogen) atoms. The molecule has 3 rings (SSSR count). The molecule has 0 bridgehead atoms. The van der Waals surface area contributed by atoms with Gasteiger partial charge in [0.1, 0.15) is 5.82 Å². The summed E-state index contributed by atoms with van der Waals surface area (Å²) in [5.74, 6) is 1.69. The van der Waals surface area contributed by atoms with Gasteiger partial charge in [-0.15, -0.1) is 10.2 Å². The molecular weight excluding hydrogens is 313 g/mol. The number of para-hydroxylation sites is 1. The molecule has 0 unspecified atom stereocenters. The van der Waals surface area contributed by atoms with Crippen LogP contribution in [0.25, 0.3) is 0 Å². The second-order valence-corrected chi connectivity index (χ2v) is 6.88. The van der Waals surface area contributed by atoms with Crippen LogP contribution in [0.15, 0.2) is 29.4 Å². The predicted molar refractivity (Wildman–Crippen MR) is 89.5 cm³/mol. The van der Waals surface area contributed by atoms with Gasteiger partial charge in [0.05, 0.1) is 6.61 Å². The van der Waals surface area contributed by atoms with Crippen LogP contribution >= 0.6 is 11.8 Å². The number of hydrogen-bond donors (Lipinski definition) is 0. The number of nitrogens with zero attached hydrogens (tertiary/aromatic N) is 3. The van der Waals surface area contributed by atoms with Crippen LogP contribution in [-0.4, -0.2) is 27.1 Å². The third kappa shape index (κ3) is 4.05. The average Bonchev–Trinajstić information content (AvgIpc) is 2.94. The maximum Gasteiger partial charge on any atom is 0.191 e. The summed E-state index contributed by atoms with van der Waals surface area (Å²) in [6, 6.07) is 7.01. The Morgan fingerprint density at radius 3 is 2.78 bits per heavy atom. The Labute approximate surface area is 140 Å². The summed E-state index contributed by atoms with van der Waals surface area (Å²) < 4.78 is 21.3. The van der Waals surface area contributed by atoms with E-state index in [1.807, 2.05) is 6.92 Å². The van der Waals surface area contributed by atoms with E-state index in [9.17, 15) is 4.39 Å². The van der Waals surface area contributed by atoms with Crippen molar-refractivity contribution in [3.63, 3.8) is 0 Å². The Hall–Kier alpha value is -1.56. The van der Waals surface area contributed by atoms with Crippen molar-refractivity contribution >= 4 is 11.8 Å². The quantitative estimate of drug-likeness (QED) is 0.579. The monoisotopic (exact) mass is 335 g/mol. The van der Waals surface area contributed by atoms with E-state index in [1.54, 1.807) is 30.0 Å². The molecule has 0 amide bonds. The second-order valence-electron chi connectivity index (χ2n) is 5.82. The molecule has 6 heteroatoms. The van der Waals surface area contributed by atoms with E-state index in [4.69, 9.17) is 4.74 Å². The summed E-state index contributed by atoms with van der Waals surface area (Å²) in [7, 11) is 0. The molecule has 0 N–H and O–H groups in total. The third-order valence-electron chi connectivity index (χ3n) is 4.18. The first-order chi connectivity index (χ1) is 11.3. The van der Waals surface area contributed by atoms with E-state index in [0.29, 0.717) is 18.4 Å². The van der Waals surface area contributed by atoms with E-state index < -0.39 is 0 Å². The van der Waals surface area contributed by atoms with Crippen molar-refractivity contribution in [1.29, 1.82) is 0 Å². The van der Waals surface area contributed by atoms with Crippen LogP contribution in [0, 0.1) is 12.7 Å². The van der Waals surface area contributed by atoms with Crippen molar-refractivity contribution in [2.45, 2.75) is 50.2 Å². The number of benzene rings is 1. The maximum atomic E-state index is 13.5. The smallest absolute Gasteiger partial charge is 0.191 e. The maximum absolute atomic E-state index is 13.5. The minimum atomic E-state index is -0.321. The molecule has 0 radical (unpaired) electrons. The Morgan fingerprint density at radius 2 is 2.00 bits per heavy atom.